The minimum absolute atomic E-state index is 0.294. The topological polar surface area (TPSA) is 60.8 Å². The third-order valence-electron chi connectivity index (χ3n) is 4.99. The summed E-state index contributed by atoms with van der Waals surface area (Å²) in [6, 6.07) is 5.24. The summed E-state index contributed by atoms with van der Waals surface area (Å²) in [5, 5.41) is 0. The van der Waals surface area contributed by atoms with E-state index < -0.39 is 0 Å². The molecule has 0 saturated heterocycles. The monoisotopic (exact) mass is 364 g/mol. The summed E-state index contributed by atoms with van der Waals surface area (Å²) < 4.78 is 19.3. The van der Waals surface area contributed by atoms with Crippen molar-refractivity contribution < 1.29 is 9.13 Å². The van der Waals surface area contributed by atoms with E-state index in [4.69, 9.17) is 4.74 Å². The Hall–Kier alpha value is -2.89. The second kappa shape index (κ2) is 7.39. The molecular formula is C21H21FN4O. The van der Waals surface area contributed by atoms with E-state index >= 15 is 0 Å². The van der Waals surface area contributed by atoms with Gasteiger partial charge in [0.1, 0.15) is 0 Å². The second-order valence-corrected chi connectivity index (χ2v) is 6.80. The van der Waals surface area contributed by atoms with E-state index in [1.807, 2.05) is 18.5 Å². The molecule has 5 nitrogen and oxygen atoms in total. The predicted molar refractivity (Wildman–Crippen MR) is 100 cm³/mol. The number of aryl methyl sites for hydroxylation is 1. The van der Waals surface area contributed by atoms with Crippen molar-refractivity contribution in [2.45, 2.75) is 38.0 Å². The van der Waals surface area contributed by atoms with Crippen molar-refractivity contribution in [3.8, 4) is 17.4 Å². The Bertz CT molecular complexity index is 931. The normalized spacial score (nSPS) is 18.3. The summed E-state index contributed by atoms with van der Waals surface area (Å²) in [6.07, 6.45) is 9.90. The smallest absolute Gasteiger partial charge is 0.197 e. The van der Waals surface area contributed by atoms with Crippen LogP contribution in [0.2, 0.25) is 0 Å². The number of rotatable bonds is 6. The van der Waals surface area contributed by atoms with Crippen molar-refractivity contribution in [2.75, 3.05) is 7.11 Å². The highest BCUT2D eigenvalue weighted by Crippen LogP contribution is 2.56. The highest BCUT2D eigenvalue weighted by molar-refractivity contribution is 5.46. The molecule has 2 atom stereocenters. The first-order valence-electron chi connectivity index (χ1n) is 9.17. The molecule has 1 aliphatic rings. The van der Waals surface area contributed by atoms with Gasteiger partial charge in [-0.15, -0.1) is 0 Å². The molecule has 27 heavy (non-hydrogen) atoms. The van der Waals surface area contributed by atoms with Crippen LogP contribution >= 0.6 is 0 Å². The van der Waals surface area contributed by atoms with Crippen molar-refractivity contribution in [2.24, 2.45) is 0 Å². The van der Waals surface area contributed by atoms with Gasteiger partial charge in [0.15, 0.2) is 23.2 Å². The van der Waals surface area contributed by atoms with Gasteiger partial charge in [-0.05, 0) is 59.6 Å². The molecule has 3 aromatic rings. The van der Waals surface area contributed by atoms with E-state index in [-0.39, 0.29) is 5.82 Å². The number of nitrogens with zero attached hydrogens (tertiary/aromatic N) is 4. The standard InChI is InChI=1S/C21H21FN4O/c1-3-5-13-8-18(22)19(27-2)10-16(13)17-9-15(17)14-11-25-21(26-12-14)20-23-6-4-7-24-20/h4,6-8,10-12,15,17H,3,5,9H2,1-2H3/t15-,17-/m0/s1. The van der Waals surface area contributed by atoms with Crippen LogP contribution in [0.15, 0.2) is 43.0 Å². The number of ether oxygens (including phenoxy) is 1. The molecule has 0 spiro atoms. The van der Waals surface area contributed by atoms with Gasteiger partial charge < -0.3 is 4.74 Å². The number of hydrogen-bond acceptors (Lipinski definition) is 5. The number of halogens is 1. The van der Waals surface area contributed by atoms with E-state index in [9.17, 15) is 4.39 Å². The first kappa shape index (κ1) is 17.5. The van der Waals surface area contributed by atoms with Crippen LogP contribution in [0.5, 0.6) is 5.75 Å². The number of benzene rings is 1. The third-order valence-corrected chi connectivity index (χ3v) is 4.99. The van der Waals surface area contributed by atoms with E-state index in [0.29, 0.717) is 29.2 Å². The van der Waals surface area contributed by atoms with Crippen LogP contribution in [0, 0.1) is 5.82 Å². The van der Waals surface area contributed by atoms with Gasteiger partial charge >= 0.3 is 0 Å². The Balaban J connectivity index is 1.57. The lowest BCUT2D eigenvalue weighted by molar-refractivity contribution is 0.385. The maximum Gasteiger partial charge on any atom is 0.197 e. The van der Waals surface area contributed by atoms with E-state index in [1.165, 1.54) is 12.7 Å². The molecular weight excluding hydrogens is 343 g/mol. The number of methoxy groups -OCH3 is 1. The third kappa shape index (κ3) is 3.52. The molecule has 138 valence electrons. The summed E-state index contributed by atoms with van der Waals surface area (Å²) in [5.41, 5.74) is 3.33. The summed E-state index contributed by atoms with van der Waals surface area (Å²) in [6.45, 7) is 2.11. The SMILES string of the molecule is CCCc1cc(F)c(OC)cc1[C@H]1C[C@H]1c1cnc(-c2ncccn2)nc1. The van der Waals surface area contributed by atoms with Crippen LogP contribution in [-0.4, -0.2) is 27.0 Å². The summed E-state index contributed by atoms with van der Waals surface area (Å²) in [5.74, 6) is 1.75. The average Bonchev–Trinajstić information content (AvgIpc) is 3.50. The highest BCUT2D eigenvalue weighted by Gasteiger charge is 2.41. The molecule has 0 amide bonds. The fourth-order valence-corrected chi connectivity index (χ4v) is 3.56. The van der Waals surface area contributed by atoms with Crippen LogP contribution < -0.4 is 4.74 Å². The van der Waals surface area contributed by atoms with Gasteiger partial charge in [-0.1, -0.05) is 13.3 Å². The Morgan fingerprint density at radius 1 is 1.04 bits per heavy atom. The lowest BCUT2D eigenvalue weighted by Crippen LogP contribution is -1.99. The Morgan fingerprint density at radius 2 is 1.74 bits per heavy atom. The van der Waals surface area contributed by atoms with E-state index in [1.54, 1.807) is 24.5 Å². The van der Waals surface area contributed by atoms with Crippen molar-refractivity contribution >= 4 is 0 Å². The van der Waals surface area contributed by atoms with Crippen LogP contribution in [0.3, 0.4) is 0 Å². The van der Waals surface area contributed by atoms with Crippen LogP contribution in [-0.2, 0) is 6.42 Å². The zero-order valence-electron chi connectivity index (χ0n) is 15.4. The molecule has 1 aliphatic carbocycles. The zero-order chi connectivity index (χ0) is 18.8. The maximum atomic E-state index is 14.1. The molecule has 2 aromatic heterocycles. The van der Waals surface area contributed by atoms with Gasteiger partial charge in [0.2, 0.25) is 0 Å². The van der Waals surface area contributed by atoms with Crippen molar-refractivity contribution in [3.63, 3.8) is 0 Å². The van der Waals surface area contributed by atoms with Crippen molar-refractivity contribution in [1.82, 2.24) is 19.9 Å². The van der Waals surface area contributed by atoms with Crippen molar-refractivity contribution in [1.29, 1.82) is 0 Å². The molecule has 0 radical (unpaired) electrons. The molecule has 0 unspecified atom stereocenters. The molecule has 0 N–H and O–H groups in total. The summed E-state index contributed by atoms with van der Waals surface area (Å²) in [7, 11) is 1.50. The number of aromatic nitrogens is 4. The van der Waals surface area contributed by atoms with Gasteiger partial charge in [0.05, 0.1) is 7.11 Å². The molecule has 0 aliphatic heterocycles. The second-order valence-electron chi connectivity index (χ2n) is 6.80. The largest absolute Gasteiger partial charge is 0.494 e. The van der Waals surface area contributed by atoms with Gasteiger partial charge in [0.25, 0.3) is 0 Å². The first-order chi connectivity index (χ1) is 13.2. The molecule has 1 fully saturated rings. The predicted octanol–water partition coefficient (Wildman–Crippen LogP) is 4.30. The van der Waals surface area contributed by atoms with Crippen LogP contribution in [0.1, 0.15) is 48.3 Å². The van der Waals surface area contributed by atoms with Gasteiger partial charge in [-0.2, -0.15) is 0 Å². The highest BCUT2D eigenvalue weighted by atomic mass is 19.1. The van der Waals surface area contributed by atoms with Gasteiger partial charge in [-0.25, -0.2) is 24.3 Å². The van der Waals surface area contributed by atoms with Crippen LogP contribution in [0.25, 0.3) is 11.6 Å². The number of hydrogen-bond donors (Lipinski definition) is 0. The summed E-state index contributed by atoms with van der Waals surface area (Å²) in [4.78, 5) is 17.2. The Kier molecular flexibility index (Phi) is 4.79. The maximum absolute atomic E-state index is 14.1. The molecule has 6 heteroatoms. The minimum Gasteiger partial charge on any atom is -0.494 e. The molecule has 2 heterocycles. The Morgan fingerprint density at radius 3 is 2.41 bits per heavy atom. The van der Waals surface area contributed by atoms with E-state index in [2.05, 4.69) is 26.9 Å². The molecule has 1 saturated carbocycles. The Labute approximate surface area is 157 Å². The molecule has 4 rings (SSSR count). The fourth-order valence-electron chi connectivity index (χ4n) is 3.56. The minimum atomic E-state index is -0.294. The summed E-state index contributed by atoms with van der Waals surface area (Å²) >= 11 is 0. The fraction of sp³-hybridized carbons (Fsp3) is 0.333. The lowest BCUT2D eigenvalue weighted by atomic mass is 9.97. The first-order valence-corrected chi connectivity index (χ1v) is 9.17. The zero-order valence-corrected chi connectivity index (χ0v) is 15.4. The lowest BCUT2D eigenvalue weighted by Gasteiger charge is -2.12. The average molecular weight is 364 g/mol. The molecule has 0 bridgehead atoms. The quantitative estimate of drug-likeness (QED) is 0.652. The van der Waals surface area contributed by atoms with Gasteiger partial charge in [-0.3, -0.25) is 0 Å². The van der Waals surface area contributed by atoms with Crippen molar-refractivity contribution in [3.05, 3.63) is 65.5 Å². The van der Waals surface area contributed by atoms with E-state index in [0.717, 1.165) is 30.4 Å². The van der Waals surface area contributed by atoms with Gasteiger partial charge in [0, 0.05) is 24.8 Å². The van der Waals surface area contributed by atoms with Crippen LogP contribution in [0.4, 0.5) is 4.39 Å². The molecule has 1 aromatic carbocycles.